The van der Waals surface area contributed by atoms with Crippen molar-refractivity contribution in [3.8, 4) is 11.5 Å². The fraction of sp³-hybridized carbons (Fsp3) is 0.571. The molecule has 11 heteroatoms. The van der Waals surface area contributed by atoms with E-state index in [2.05, 4.69) is 15.2 Å². The molecule has 0 unspecified atom stereocenters. The van der Waals surface area contributed by atoms with Crippen molar-refractivity contribution in [2.45, 2.75) is 69.6 Å². The van der Waals surface area contributed by atoms with Crippen molar-refractivity contribution in [2.24, 2.45) is 11.8 Å². The third-order valence-electron chi connectivity index (χ3n) is 7.97. The number of likely N-dealkylation sites (tertiary alicyclic amines) is 1. The molecule has 212 valence electrons. The highest BCUT2D eigenvalue weighted by Crippen LogP contribution is 2.51. The molecule has 1 aromatic heterocycles. The highest BCUT2D eigenvalue weighted by Gasteiger charge is 2.49. The summed E-state index contributed by atoms with van der Waals surface area (Å²) in [7, 11) is 0. The number of nitrogens with zero attached hydrogens (tertiary/aromatic N) is 1. The summed E-state index contributed by atoms with van der Waals surface area (Å²) in [5, 5.41) is 2.51. The summed E-state index contributed by atoms with van der Waals surface area (Å²) in [6.07, 6.45) is 3.15. The zero-order valence-corrected chi connectivity index (χ0v) is 24.0. The van der Waals surface area contributed by atoms with Crippen LogP contribution >= 0.6 is 23.4 Å². The van der Waals surface area contributed by atoms with E-state index in [1.165, 1.54) is 17.8 Å². The number of carbonyl (C=O) groups excluding carboxylic acids is 1. The standard InChI is InChI=1S/C28H34ClF2N3O4S/c1-15-9-22(39-4)20(26(36)33-15)13-32-25(35)19-10-21(29)24-23(16(19)2)37-27(3,38-24)18-5-7-34(8-6-18)14-17-11-28(30,31)12-17/h9-10,17-18H,5-8,11-14H2,1-4H3,(H,32,35)(H,33,36)/t27-/m1/s1/i13D2. The van der Waals surface area contributed by atoms with Crippen molar-refractivity contribution in [1.29, 1.82) is 0 Å². The summed E-state index contributed by atoms with van der Waals surface area (Å²) in [5.41, 5.74) is 0.325. The Labute approximate surface area is 238 Å². The number of piperidine rings is 1. The van der Waals surface area contributed by atoms with E-state index in [4.69, 9.17) is 23.8 Å². The maximum absolute atomic E-state index is 13.4. The molecule has 1 amide bonds. The summed E-state index contributed by atoms with van der Waals surface area (Å²) in [6.45, 7) is 4.91. The lowest BCUT2D eigenvalue weighted by atomic mass is 9.80. The van der Waals surface area contributed by atoms with Crippen LogP contribution in [0.2, 0.25) is 5.02 Å². The van der Waals surface area contributed by atoms with Gasteiger partial charge in [-0.05, 0) is 64.1 Å². The fourth-order valence-electron chi connectivity index (χ4n) is 5.79. The van der Waals surface area contributed by atoms with Gasteiger partial charge in [-0.2, -0.15) is 0 Å². The number of amides is 1. The first kappa shape index (κ1) is 25.7. The second kappa shape index (κ2) is 10.6. The number of H-pyrrole nitrogens is 1. The topological polar surface area (TPSA) is 83.7 Å². The number of carbonyl (C=O) groups is 1. The Kier molecular flexibility index (Phi) is 6.97. The molecule has 1 atom stereocenters. The number of pyridine rings is 1. The van der Waals surface area contributed by atoms with Crippen molar-refractivity contribution in [1.82, 2.24) is 15.2 Å². The number of halogens is 3. The Balaban J connectivity index is 1.30. The van der Waals surface area contributed by atoms with Crippen LogP contribution in [0.1, 0.15) is 62.5 Å². The molecule has 0 bridgehead atoms. The first-order valence-electron chi connectivity index (χ1n) is 14.0. The van der Waals surface area contributed by atoms with E-state index in [0.717, 1.165) is 25.9 Å². The lowest BCUT2D eigenvalue weighted by molar-refractivity contribution is -0.134. The van der Waals surface area contributed by atoms with Crippen LogP contribution in [0.5, 0.6) is 11.5 Å². The normalized spacial score (nSPS) is 24.2. The Hall–Kier alpha value is -2.30. The smallest absolute Gasteiger partial charge is 0.254 e. The number of hydrogen-bond donors (Lipinski definition) is 2. The number of hydrogen-bond acceptors (Lipinski definition) is 6. The highest BCUT2D eigenvalue weighted by atomic mass is 35.5. The molecule has 2 aromatic rings. The van der Waals surface area contributed by atoms with Crippen LogP contribution in [-0.4, -0.2) is 53.4 Å². The summed E-state index contributed by atoms with van der Waals surface area (Å²) in [5.74, 6) is -3.61. The largest absolute Gasteiger partial charge is 0.448 e. The molecule has 2 aliphatic heterocycles. The predicted molar refractivity (Wildman–Crippen MR) is 147 cm³/mol. The van der Waals surface area contributed by atoms with Gasteiger partial charge in [0.15, 0.2) is 11.5 Å². The van der Waals surface area contributed by atoms with Crippen LogP contribution < -0.4 is 20.3 Å². The summed E-state index contributed by atoms with van der Waals surface area (Å²) in [4.78, 5) is 31.2. The molecule has 3 heterocycles. The lowest BCUT2D eigenvalue weighted by Crippen LogP contribution is -2.50. The number of ether oxygens (including phenoxy) is 2. The van der Waals surface area contributed by atoms with E-state index in [1.54, 1.807) is 26.2 Å². The van der Waals surface area contributed by atoms with E-state index < -0.39 is 29.7 Å². The molecule has 1 aliphatic carbocycles. The van der Waals surface area contributed by atoms with Crippen molar-refractivity contribution < 1.29 is 25.8 Å². The summed E-state index contributed by atoms with van der Waals surface area (Å²) in [6, 6.07) is 3.08. The van der Waals surface area contributed by atoms with Gasteiger partial charge in [0.2, 0.25) is 5.92 Å². The minimum atomic E-state index is -2.51. The van der Waals surface area contributed by atoms with E-state index in [1.807, 2.05) is 6.92 Å². The lowest BCUT2D eigenvalue weighted by Gasteiger charge is -2.42. The van der Waals surface area contributed by atoms with Gasteiger partial charge in [-0.1, -0.05) is 11.6 Å². The van der Waals surface area contributed by atoms with Gasteiger partial charge < -0.3 is 24.7 Å². The molecule has 7 nitrogen and oxygen atoms in total. The number of nitrogens with one attached hydrogen (secondary N) is 2. The maximum Gasteiger partial charge on any atom is 0.254 e. The van der Waals surface area contributed by atoms with Crippen molar-refractivity contribution in [2.75, 3.05) is 25.9 Å². The van der Waals surface area contributed by atoms with Gasteiger partial charge in [0.05, 0.1) is 7.76 Å². The van der Waals surface area contributed by atoms with Crippen molar-refractivity contribution in [3.63, 3.8) is 0 Å². The number of alkyl halides is 2. The van der Waals surface area contributed by atoms with E-state index >= 15 is 0 Å². The molecule has 1 saturated heterocycles. The molecular formula is C28H34ClF2N3O4S. The number of fused-ring (bicyclic) bond motifs is 1. The van der Waals surface area contributed by atoms with Gasteiger partial charge in [-0.3, -0.25) is 9.59 Å². The van der Waals surface area contributed by atoms with Crippen LogP contribution in [0.25, 0.3) is 0 Å². The zero-order chi connectivity index (χ0) is 29.9. The van der Waals surface area contributed by atoms with Crippen LogP contribution in [0.15, 0.2) is 21.8 Å². The summed E-state index contributed by atoms with van der Waals surface area (Å²) < 4.78 is 56.1. The third kappa shape index (κ3) is 5.65. The minimum Gasteiger partial charge on any atom is -0.448 e. The Morgan fingerprint density at radius 3 is 2.56 bits per heavy atom. The quantitative estimate of drug-likeness (QED) is 0.416. The van der Waals surface area contributed by atoms with Crippen molar-refractivity contribution in [3.05, 3.63) is 49.9 Å². The van der Waals surface area contributed by atoms with Crippen LogP contribution in [0, 0.1) is 25.7 Å². The second-order valence-electron chi connectivity index (χ2n) is 10.9. The van der Waals surface area contributed by atoms with Gasteiger partial charge in [-0.25, -0.2) is 8.78 Å². The Morgan fingerprint density at radius 2 is 1.92 bits per heavy atom. The second-order valence-corrected chi connectivity index (χ2v) is 12.2. The Morgan fingerprint density at radius 1 is 1.26 bits per heavy atom. The first-order valence-corrected chi connectivity index (χ1v) is 14.6. The van der Waals surface area contributed by atoms with Crippen LogP contribution in [0.3, 0.4) is 0 Å². The Bertz CT molecular complexity index is 1430. The van der Waals surface area contributed by atoms with E-state index in [9.17, 15) is 18.4 Å². The number of benzene rings is 1. The molecule has 0 spiro atoms. The first-order chi connectivity index (χ1) is 19.1. The van der Waals surface area contributed by atoms with Gasteiger partial charge >= 0.3 is 0 Å². The van der Waals surface area contributed by atoms with Gasteiger partial charge in [0.1, 0.15) is 0 Å². The molecule has 1 saturated carbocycles. The predicted octanol–water partition coefficient (Wildman–Crippen LogP) is 5.54. The number of aryl methyl sites for hydroxylation is 1. The number of aromatic nitrogens is 1. The number of thioether (sulfide) groups is 1. The number of rotatable bonds is 7. The molecule has 0 radical (unpaired) electrons. The van der Waals surface area contributed by atoms with E-state index in [-0.39, 0.29) is 40.8 Å². The maximum atomic E-state index is 13.4. The third-order valence-corrected chi connectivity index (χ3v) is 9.01. The molecule has 2 N–H and O–H groups in total. The summed E-state index contributed by atoms with van der Waals surface area (Å²) >= 11 is 7.77. The molecule has 3 aliphatic rings. The molecule has 1 aromatic carbocycles. The minimum absolute atomic E-state index is 0.00841. The molecule has 2 fully saturated rings. The number of aromatic amines is 1. The average Bonchev–Trinajstić information content (AvgIpc) is 3.24. The van der Waals surface area contributed by atoms with E-state index in [0.29, 0.717) is 34.2 Å². The van der Waals surface area contributed by atoms with Gasteiger partial charge in [0, 0.05) is 66.0 Å². The zero-order valence-electron chi connectivity index (χ0n) is 24.4. The van der Waals surface area contributed by atoms with Gasteiger partial charge in [-0.15, -0.1) is 11.8 Å². The molecule has 5 rings (SSSR count). The van der Waals surface area contributed by atoms with Gasteiger partial charge in [0.25, 0.3) is 17.3 Å². The molecule has 39 heavy (non-hydrogen) atoms. The molecular weight excluding hydrogens is 548 g/mol. The monoisotopic (exact) mass is 583 g/mol. The van der Waals surface area contributed by atoms with Crippen LogP contribution in [0.4, 0.5) is 8.78 Å². The van der Waals surface area contributed by atoms with Crippen LogP contribution in [-0.2, 0) is 6.50 Å². The average molecular weight is 584 g/mol. The van der Waals surface area contributed by atoms with Crippen molar-refractivity contribution >= 4 is 29.3 Å². The SMILES string of the molecule is [2H]C([2H])(NC(=O)c1cc(Cl)c2c(c1C)O[C@@](C)(C1CCN(CC3CC(F)(F)C3)CC1)O2)c1c(SC)cc(C)[nH]c1=O. The fourth-order valence-corrected chi connectivity index (χ4v) is 6.67. The highest BCUT2D eigenvalue weighted by molar-refractivity contribution is 7.98.